The third-order valence-electron chi connectivity index (χ3n) is 6.59. The Bertz CT molecular complexity index is 1140. The minimum Gasteiger partial charge on any atom is -0.497 e. The lowest BCUT2D eigenvalue weighted by Crippen LogP contribution is -2.52. The van der Waals surface area contributed by atoms with Crippen LogP contribution in [0.5, 0.6) is 5.75 Å². The van der Waals surface area contributed by atoms with Crippen molar-refractivity contribution in [3.63, 3.8) is 0 Å². The zero-order chi connectivity index (χ0) is 26.3. The summed E-state index contributed by atoms with van der Waals surface area (Å²) in [5.41, 5.74) is 2.26. The summed E-state index contributed by atoms with van der Waals surface area (Å²) in [4.78, 5) is 28.3. The van der Waals surface area contributed by atoms with Crippen LogP contribution in [0.1, 0.15) is 50.2 Å². The highest BCUT2D eigenvalue weighted by atomic mass is 32.2. The van der Waals surface area contributed by atoms with Crippen molar-refractivity contribution >= 4 is 27.5 Å². The molecule has 0 aliphatic heterocycles. The number of rotatable bonds is 10. The van der Waals surface area contributed by atoms with E-state index in [1.165, 1.54) is 18.4 Å². The predicted octanol–water partition coefficient (Wildman–Crippen LogP) is 3.64. The van der Waals surface area contributed by atoms with Gasteiger partial charge >= 0.3 is 0 Å². The fraction of sp³-hybridized carbons (Fsp3) is 0.481. The maximum Gasteiger partial charge on any atom is 0.244 e. The normalized spacial score (nSPS) is 15.1. The molecule has 0 saturated heterocycles. The van der Waals surface area contributed by atoms with Gasteiger partial charge < -0.3 is 15.0 Å². The first-order chi connectivity index (χ1) is 17.1. The Balaban J connectivity index is 1.86. The standard InChI is InChI=1S/C27H37N3O5S/c1-20-9-8-10-22(17-20)18-29(21(2)27(32)28-23-11-6-5-7-12-23)26(31)19-30(36(4,33)34)24-13-15-25(35-3)16-14-24/h8-10,13-17,21,23H,5-7,11-12,18-19H2,1-4H3,(H,28,32)/t21-/m0/s1. The maximum atomic E-state index is 13.6. The molecule has 8 nitrogen and oxygen atoms in total. The predicted molar refractivity (Wildman–Crippen MR) is 141 cm³/mol. The van der Waals surface area contributed by atoms with E-state index in [-0.39, 0.29) is 18.5 Å². The molecule has 3 rings (SSSR count). The Hall–Kier alpha value is -3.07. The Morgan fingerprint density at radius 1 is 1.08 bits per heavy atom. The molecular weight excluding hydrogens is 478 g/mol. The van der Waals surface area contributed by atoms with Crippen molar-refractivity contribution in [2.75, 3.05) is 24.2 Å². The van der Waals surface area contributed by atoms with Gasteiger partial charge in [0, 0.05) is 12.6 Å². The Kier molecular flexibility index (Phi) is 9.37. The zero-order valence-electron chi connectivity index (χ0n) is 21.6. The van der Waals surface area contributed by atoms with E-state index in [1.54, 1.807) is 31.2 Å². The second-order valence-electron chi connectivity index (χ2n) is 9.50. The molecular formula is C27H37N3O5S. The van der Waals surface area contributed by atoms with Crippen molar-refractivity contribution < 1.29 is 22.7 Å². The molecule has 0 spiro atoms. The van der Waals surface area contributed by atoms with Crippen LogP contribution in [-0.2, 0) is 26.2 Å². The number of carbonyl (C=O) groups is 2. The number of hydrogen-bond donors (Lipinski definition) is 1. The number of carbonyl (C=O) groups excluding carboxylic acids is 2. The molecule has 0 radical (unpaired) electrons. The Labute approximate surface area is 214 Å². The van der Waals surface area contributed by atoms with Crippen LogP contribution in [-0.4, -0.2) is 57.1 Å². The SMILES string of the molecule is COc1ccc(N(CC(=O)N(Cc2cccc(C)c2)[C@@H](C)C(=O)NC2CCCCC2)S(C)(=O)=O)cc1. The van der Waals surface area contributed by atoms with Crippen molar-refractivity contribution in [2.45, 2.75) is 64.6 Å². The third-order valence-corrected chi connectivity index (χ3v) is 7.73. The second kappa shape index (κ2) is 12.3. The van der Waals surface area contributed by atoms with Crippen LogP contribution in [0.4, 0.5) is 5.69 Å². The van der Waals surface area contributed by atoms with E-state index >= 15 is 0 Å². The van der Waals surface area contributed by atoms with Crippen LogP contribution in [0.25, 0.3) is 0 Å². The van der Waals surface area contributed by atoms with Gasteiger partial charge in [-0.05, 0) is 56.5 Å². The van der Waals surface area contributed by atoms with Crippen LogP contribution < -0.4 is 14.4 Å². The highest BCUT2D eigenvalue weighted by Gasteiger charge is 2.31. The largest absolute Gasteiger partial charge is 0.497 e. The molecule has 2 amide bonds. The van der Waals surface area contributed by atoms with Crippen LogP contribution in [0.3, 0.4) is 0 Å². The summed E-state index contributed by atoms with van der Waals surface area (Å²) in [6, 6.07) is 13.5. The Morgan fingerprint density at radius 2 is 1.75 bits per heavy atom. The monoisotopic (exact) mass is 515 g/mol. The third kappa shape index (κ3) is 7.46. The van der Waals surface area contributed by atoms with E-state index in [9.17, 15) is 18.0 Å². The van der Waals surface area contributed by atoms with Gasteiger partial charge in [-0.15, -0.1) is 0 Å². The average molecular weight is 516 g/mol. The summed E-state index contributed by atoms with van der Waals surface area (Å²) in [5.74, 6) is -0.102. The van der Waals surface area contributed by atoms with E-state index in [0.29, 0.717) is 11.4 Å². The number of aryl methyl sites for hydroxylation is 1. The molecule has 196 valence electrons. The summed E-state index contributed by atoms with van der Waals surface area (Å²) >= 11 is 0. The van der Waals surface area contributed by atoms with Crippen LogP contribution in [0.15, 0.2) is 48.5 Å². The van der Waals surface area contributed by atoms with Crippen molar-refractivity contribution in [3.8, 4) is 5.75 Å². The van der Waals surface area contributed by atoms with Gasteiger partial charge in [-0.25, -0.2) is 8.42 Å². The van der Waals surface area contributed by atoms with Gasteiger partial charge in [-0.1, -0.05) is 49.1 Å². The number of amides is 2. The number of ether oxygens (including phenoxy) is 1. The molecule has 0 aromatic heterocycles. The number of benzene rings is 2. The topological polar surface area (TPSA) is 96.0 Å². The number of nitrogens with one attached hydrogen (secondary N) is 1. The van der Waals surface area contributed by atoms with Crippen LogP contribution in [0, 0.1) is 6.92 Å². The van der Waals surface area contributed by atoms with Crippen molar-refractivity contribution in [1.29, 1.82) is 0 Å². The lowest BCUT2D eigenvalue weighted by molar-refractivity contribution is -0.139. The molecule has 2 aromatic carbocycles. The summed E-state index contributed by atoms with van der Waals surface area (Å²) in [6.45, 7) is 3.44. The second-order valence-corrected chi connectivity index (χ2v) is 11.4. The molecule has 1 fully saturated rings. The van der Waals surface area contributed by atoms with Gasteiger partial charge in [-0.3, -0.25) is 13.9 Å². The molecule has 0 bridgehead atoms. The van der Waals surface area contributed by atoms with Crippen LogP contribution >= 0.6 is 0 Å². The molecule has 2 aromatic rings. The number of hydrogen-bond acceptors (Lipinski definition) is 5. The minimum absolute atomic E-state index is 0.108. The van der Waals surface area contributed by atoms with E-state index in [0.717, 1.165) is 47.4 Å². The smallest absolute Gasteiger partial charge is 0.244 e. The average Bonchev–Trinajstić information content (AvgIpc) is 2.85. The number of methoxy groups -OCH3 is 1. The molecule has 1 aliphatic rings. The summed E-state index contributed by atoms with van der Waals surface area (Å²) in [7, 11) is -2.25. The van der Waals surface area contributed by atoms with E-state index in [2.05, 4.69) is 5.32 Å². The number of sulfonamides is 1. The summed E-state index contributed by atoms with van der Waals surface area (Å²) in [6.07, 6.45) is 6.27. The minimum atomic E-state index is -3.77. The van der Waals surface area contributed by atoms with Gasteiger partial charge in [0.05, 0.1) is 19.1 Å². The highest BCUT2D eigenvalue weighted by Crippen LogP contribution is 2.23. The molecule has 0 heterocycles. The lowest BCUT2D eigenvalue weighted by Gasteiger charge is -2.33. The van der Waals surface area contributed by atoms with Gasteiger partial charge in [0.25, 0.3) is 0 Å². The first-order valence-electron chi connectivity index (χ1n) is 12.4. The van der Waals surface area contributed by atoms with Gasteiger partial charge in [-0.2, -0.15) is 0 Å². The molecule has 1 atom stereocenters. The summed E-state index contributed by atoms with van der Waals surface area (Å²) in [5, 5.41) is 3.10. The summed E-state index contributed by atoms with van der Waals surface area (Å²) < 4.78 is 31.5. The Morgan fingerprint density at radius 3 is 2.33 bits per heavy atom. The maximum absolute atomic E-state index is 13.6. The van der Waals surface area contributed by atoms with E-state index in [1.807, 2.05) is 31.2 Å². The molecule has 1 N–H and O–H groups in total. The van der Waals surface area contributed by atoms with E-state index in [4.69, 9.17) is 4.74 Å². The molecule has 36 heavy (non-hydrogen) atoms. The zero-order valence-corrected chi connectivity index (χ0v) is 22.4. The van der Waals surface area contributed by atoms with Crippen molar-refractivity contribution in [2.24, 2.45) is 0 Å². The highest BCUT2D eigenvalue weighted by molar-refractivity contribution is 7.92. The fourth-order valence-corrected chi connectivity index (χ4v) is 5.37. The van der Waals surface area contributed by atoms with Gasteiger partial charge in [0.15, 0.2) is 0 Å². The molecule has 9 heteroatoms. The fourth-order valence-electron chi connectivity index (χ4n) is 4.52. The first kappa shape index (κ1) is 27.5. The molecule has 1 aliphatic carbocycles. The number of anilines is 1. The van der Waals surface area contributed by atoms with Gasteiger partial charge in [0.2, 0.25) is 21.8 Å². The first-order valence-corrected chi connectivity index (χ1v) is 14.2. The van der Waals surface area contributed by atoms with Crippen LogP contribution in [0.2, 0.25) is 0 Å². The van der Waals surface area contributed by atoms with Gasteiger partial charge in [0.1, 0.15) is 18.3 Å². The molecule has 0 unspecified atom stereocenters. The van der Waals surface area contributed by atoms with E-state index < -0.39 is 28.5 Å². The molecule has 1 saturated carbocycles. The lowest BCUT2D eigenvalue weighted by atomic mass is 9.95. The van der Waals surface area contributed by atoms with Crippen molar-refractivity contribution in [1.82, 2.24) is 10.2 Å². The van der Waals surface area contributed by atoms with Crippen molar-refractivity contribution in [3.05, 3.63) is 59.7 Å². The quantitative estimate of drug-likeness (QED) is 0.521. The number of nitrogens with zero attached hydrogens (tertiary/aromatic N) is 2.